The van der Waals surface area contributed by atoms with Crippen LogP contribution in [0.25, 0.3) is 10.9 Å². The maximum Gasteiger partial charge on any atom is 0.322 e. The number of benzene rings is 3. The first-order valence-electron chi connectivity index (χ1n) is 11.8. The molecule has 0 bridgehead atoms. The average molecular weight is 517 g/mol. The summed E-state index contributed by atoms with van der Waals surface area (Å²) in [5.41, 5.74) is 3.98. The van der Waals surface area contributed by atoms with Crippen molar-refractivity contribution >= 4 is 26.9 Å². The second-order valence-electron chi connectivity index (χ2n) is 8.69. The lowest BCUT2D eigenvalue weighted by atomic mass is 10.1. The summed E-state index contributed by atoms with van der Waals surface area (Å²) in [7, 11) is -4.09. The van der Waals surface area contributed by atoms with Crippen molar-refractivity contribution in [3.8, 4) is 17.6 Å². The lowest BCUT2D eigenvalue weighted by Gasteiger charge is -2.15. The molecule has 37 heavy (non-hydrogen) atoms. The lowest BCUT2D eigenvalue weighted by Crippen LogP contribution is -2.42. The summed E-state index contributed by atoms with van der Waals surface area (Å²) < 4.78 is 35.9. The van der Waals surface area contributed by atoms with E-state index >= 15 is 0 Å². The van der Waals surface area contributed by atoms with Gasteiger partial charge in [-0.15, -0.1) is 5.92 Å². The molecule has 1 aromatic heterocycles. The third kappa shape index (κ3) is 6.39. The van der Waals surface area contributed by atoms with E-state index in [2.05, 4.69) is 27.2 Å². The minimum atomic E-state index is -4.09. The Morgan fingerprint density at radius 2 is 1.84 bits per heavy atom. The van der Waals surface area contributed by atoms with Gasteiger partial charge in [0.25, 0.3) is 0 Å². The molecular weight excluding hydrogens is 488 g/mol. The molecular formula is C29H28N2O5S. The number of rotatable bonds is 10. The first-order valence-corrected chi connectivity index (χ1v) is 13.2. The van der Waals surface area contributed by atoms with Gasteiger partial charge < -0.3 is 14.4 Å². The molecule has 7 nitrogen and oxygen atoms in total. The van der Waals surface area contributed by atoms with Gasteiger partial charge in [0, 0.05) is 30.1 Å². The number of carboxylic acid groups (broad SMARTS) is 1. The fourth-order valence-corrected chi connectivity index (χ4v) is 5.37. The van der Waals surface area contributed by atoms with Crippen molar-refractivity contribution < 1.29 is 23.1 Å². The van der Waals surface area contributed by atoms with E-state index in [0.717, 1.165) is 27.6 Å². The molecule has 0 saturated carbocycles. The van der Waals surface area contributed by atoms with Gasteiger partial charge in [0.15, 0.2) is 0 Å². The molecule has 1 atom stereocenters. The van der Waals surface area contributed by atoms with Crippen LogP contribution < -0.4 is 9.46 Å². The van der Waals surface area contributed by atoms with Crippen molar-refractivity contribution in [1.82, 2.24) is 9.29 Å². The Morgan fingerprint density at radius 1 is 1.08 bits per heavy atom. The maximum absolute atomic E-state index is 13.0. The monoisotopic (exact) mass is 516 g/mol. The van der Waals surface area contributed by atoms with Crippen molar-refractivity contribution in [3.63, 3.8) is 0 Å². The van der Waals surface area contributed by atoms with Crippen LogP contribution in [0, 0.1) is 18.8 Å². The molecule has 4 aromatic rings. The SMILES string of the molecule is CC#CCOc1ccc(S(=O)(=O)N[C@@H](Cc2cn(Cc3cccc(C)c3)c3ccccc23)C(=O)O)cc1. The van der Waals surface area contributed by atoms with Gasteiger partial charge in [0.05, 0.1) is 4.90 Å². The minimum Gasteiger partial charge on any atom is -0.481 e. The zero-order valence-electron chi connectivity index (χ0n) is 20.6. The first-order chi connectivity index (χ1) is 17.8. The fourth-order valence-electron chi connectivity index (χ4n) is 4.18. The van der Waals surface area contributed by atoms with Crippen molar-refractivity contribution in [2.24, 2.45) is 0 Å². The van der Waals surface area contributed by atoms with E-state index in [-0.39, 0.29) is 17.9 Å². The number of carbonyl (C=O) groups is 1. The van der Waals surface area contributed by atoms with E-state index in [0.29, 0.717) is 12.3 Å². The van der Waals surface area contributed by atoms with Crippen LogP contribution in [0.2, 0.25) is 0 Å². The number of para-hydroxylation sites is 1. The molecule has 2 N–H and O–H groups in total. The topological polar surface area (TPSA) is 97.6 Å². The summed E-state index contributed by atoms with van der Waals surface area (Å²) in [6.07, 6.45) is 1.90. The van der Waals surface area contributed by atoms with Gasteiger partial charge in [-0.2, -0.15) is 4.72 Å². The number of fused-ring (bicyclic) bond motifs is 1. The second-order valence-corrected chi connectivity index (χ2v) is 10.4. The molecule has 0 spiro atoms. The van der Waals surface area contributed by atoms with E-state index in [1.165, 1.54) is 24.3 Å². The normalized spacial score (nSPS) is 12.1. The Labute approximate surface area is 216 Å². The number of aliphatic carboxylic acids is 1. The zero-order valence-corrected chi connectivity index (χ0v) is 21.5. The van der Waals surface area contributed by atoms with Gasteiger partial charge in [-0.1, -0.05) is 53.9 Å². The van der Waals surface area contributed by atoms with E-state index in [1.54, 1.807) is 6.92 Å². The Hall–Kier alpha value is -4.06. The predicted octanol–water partition coefficient (Wildman–Crippen LogP) is 4.37. The number of aryl methyl sites for hydroxylation is 1. The van der Waals surface area contributed by atoms with Crippen LogP contribution in [0.15, 0.2) is 83.9 Å². The van der Waals surface area contributed by atoms with Crippen LogP contribution in [0.5, 0.6) is 5.75 Å². The predicted molar refractivity (Wildman–Crippen MR) is 143 cm³/mol. The summed E-state index contributed by atoms with van der Waals surface area (Å²) in [5, 5.41) is 10.8. The fraction of sp³-hybridized carbons (Fsp3) is 0.207. The quantitative estimate of drug-likeness (QED) is 0.305. The van der Waals surface area contributed by atoms with Gasteiger partial charge in [-0.3, -0.25) is 4.79 Å². The molecule has 0 aliphatic carbocycles. The smallest absolute Gasteiger partial charge is 0.322 e. The van der Waals surface area contributed by atoms with Crippen LogP contribution in [0.1, 0.15) is 23.6 Å². The Bertz CT molecular complexity index is 1580. The van der Waals surface area contributed by atoms with E-state index in [9.17, 15) is 18.3 Å². The van der Waals surface area contributed by atoms with Crippen molar-refractivity contribution in [3.05, 3.63) is 95.7 Å². The Balaban J connectivity index is 1.57. The number of sulfonamides is 1. The molecule has 3 aromatic carbocycles. The summed E-state index contributed by atoms with van der Waals surface area (Å²) in [4.78, 5) is 12.1. The zero-order chi connectivity index (χ0) is 26.4. The molecule has 0 unspecified atom stereocenters. The van der Waals surface area contributed by atoms with Crippen LogP contribution in [0.4, 0.5) is 0 Å². The van der Waals surface area contributed by atoms with Crippen molar-refractivity contribution in [2.75, 3.05) is 6.61 Å². The van der Waals surface area contributed by atoms with Crippen LogP contribution in [-0.2, 0) is 27.8 Å². The lowest BCUT2D eigenvalue weighted by molar-refractivity contribution is -0.138. The van der Waals surface area contributed by atoms with Crippen LogP contribution >= 0.6 is 0 Å². The number of hydrogen-bond acceptors (Lipinski definition) is 4. The highest BCUT2D eigenvalue weighted by Gasteiger charge is 2.27. The first kappa shape index (κ1) is 26.0. The van der Waals surface area contributed by atoms with Gasteiger partial charge in [0.2, 0.25) is 10.0 Å². The van der Waals surface area contributed by atoms with E-state index in [1.807, 2.05) is 55.6 Å². The highest BCUT2D eigenvalue weighted by molar-refractivity contribution is 7.89. The number of nitrogens with one attached hydrogen (secondary N) is 1. The standard InChI is InChI=1S/C29H28N2O5S/c1-3-4-16-36-24-12-14-25(15-13-24)37(34,35)30-27(29(32)33)18-23-20-31(28-11-6-5-10-26(23)28)19-22-9-7-8-21(2)17-22/h5-15,17,20,27,30H,16,18-19H2,1-2H3,(H,32,33)/t27-/m0/s1. The highest BCUT2D eigenvalue weighted by atomic mass is 32.2. The number of ether oxygens (including phenoxy) is 1. The summed E-state index contributed by atoms with van der Waals surface area (Å²) in [6.45, 7) is 4.54. The molecule has 0 radical (unpaired) electrons. The summed E-state index contributed by atoms with van der Waals surface area (Å²) in [5.74, 6) is 4.70. The molecule has 1 heterocycles. The summed E-state index contributed by atoms with van der Waals surface area (Å²) >= 11 is 0. The molecule has 0 fully saturated rings. The van der Waals surface area contributed by atoms with E-state index in [4.69, 9.17) is 4.74 Å². The number of aromatic nitrogens is 1. The molecule has 4 rings (SSSR count). The van der Waals surface area contributed by atoms with Crippen LogP contribution in [-0.4, -0.2) is 36.7 Å². The van der Waals surface area contributed by atoms with Gasteiger partial charge in [-0.05, 0) is 55.3 Å². The van der Waals surface area contributed by atoms with Crippen molar-refractivity contribution in [2.45, 2.75) is 37.8 Å². The molecule has 0 saturated heterocycles. The largest absolute Gasteiger partial charge is 0.481 e. The van der Waals surface area contributed by atoms with Gasteiger partial charge in [0.1, 0.15) is 18.4 Å². The average Bonchev–Trinajstić information content (AvgIpc) is 3.21. The number of nitrogens with zero attached hydrogens (tertiary/aromatic N) is 1. The molecule has 0 aliphatic heterocycles. The van der Waals surface area contributed by atoms with Crippen LogP contribution in [0.3, 0.4) is 0 Å². The third-order valence-electron chi connectivity index (χ3n) is 5.95. The second kappa shape index (κ2) is 11.3. The summed E-state index contributed by atoms with van der Waals surface area (Å²) in [6, 6.07) is 20.3. The molecule has 0 aliphatic rings. The van der Waals surface area contributed by atoms with Gasteiger partial charge >= 0.3 is 5.97 Å². The Kier molecular flexibility index (Phi) is 7.97. The molecule has 190 valence electrons. The van der Waals surface area contributed by atoms with E-state index < -0.39 is 22.0 Å². The minimum absolute atomic E-state index is 0.00717. The maximum atomic E-state index is 13.0. The molecule has 0 amide bonds. The van der Waals surface area contributed by atoms with Crippen molar-refractivity contribution in [1.29, 1.82) is 0 Å². The highest BCUT2D eigenvalue weighted by Crippen LogP contribution is 2.25. The van der Waals surface area contributed by atoms with Gasteiger partial charge in [-0.25, -0.2) is 8.42 Å². The molecule has 8 heteroatoms. The third-order valence-corrected chi connectivity index (χ3v) is 7.44. The number of carboxylic acids is 1. The Morgan fingerprint density at radius 3 is 2.54 bits per heavy atom. The number of hydrogen-bond donors (Lipinski definition) is 2.